The van der Waals surface area contributed by atoms with Crippen LogP contribution < -0.4 is 6.07 Å². The third-order valence-corrected chi connectivity index (χ3v) is 4.12. The first-order chi connectivity index (χ1) is 4.70. The second-order valence-electron chi connectivity index (χ2n) is 2.28. The van der Waals surface area contributed by atoms with Crippen LogP contribution in [0.1, 0.15) is 0 Å². The van der Waals surface area contributed by atoms with Crippen LogP contribution in [0.5, 0.6) is 0 Å². The van der Waals surface area contributed by atoms with Gasteiger partial charge in [0, 0.05) is 0 Å². The summed E-state index contributed by atoms with van der Waals surface area (Å²) in [6.45, 7) is 0. The standard InChI is InChI=1S/C6H6BO2.Ra.H/c8-7(9)6-4-2-1-3-5-6;;/h2-5,8-9H;;. The summed E-state index contributed by atoms with van der Waals surface area (Å²) in [5, 5.41) is 17.4. The van der Waals surface area contributed by atoms with Gasteiger partial charge in [-0.05, 0) is 0 Å². The Bertz CT molecular complexity index is 209. The summed E-state index contributed by atoms with van der Waals surface area (Å²) < 4.78 is 1.34. The van der Waals surface area contributed by atoms with Crippen LogP contribution >= 0.6 is 0 Å². The number of rotatable bonds is 1. The van der Waals surface area contributed by atoms with E-state index in [-0.39, 0.29) is 0 Å². The van der Waals surface area contributed by atoms with Crippen molar-refractivity contribution in [2.24, 2.45) is 0 Å². The number of hydrogen-bond donors (Lipinski definition) is 2. The van der Waals surface area contributed by atoms with Crippen molar-refractivity contribution in [2.45, 2.75) is 0 Å². The van der Waals surface area contributed by atoms with Crippen molar-refractivity contribution >= 4 is 13.2 Å². The van der Waals surface area contributed by atoms with Crippen LogP contribution in [0.2, 0.25) is 0 Å². The van der Waals surface area contributed by atoms with Crippen LogP contribution in [0.4, 0.5) is 0 Å². The Morgan fingerprint density at radius 2 is 1.60 bits per heavy atom. The number of hydrogen-bond acceptors (Lipinski definition) is 2. The fraction of sp³-hybridized carbons (Fsp3) is 0. The van der Waals surface area contributed by atoms with E-state index < -0.39 is 7.12 Å². The summed E-state index contributed by atoms with van der Waals surface area (Å²) in [7, 11) is -1.32. The maximum absolute atomic E-state index is 8.69. The van der Waals surface area contributed by atoms with Gasteiger partial charge in [0.25, 0.3) is 0 Å². The van der Waals surface area contributed by atoms with E-state index in [1.165, 1.54) is 0.604 Å². The molecule has 1 aromatic rings. The van der Waals surface area contributed by atoms with Crippen molar-refractivity contribution in [3.8, 4) is 0 Å². The molecule has 0 saturated heterocycles. The molecule has 2 N–H and O–H groups in total. The predicted octanol–water partition coefficient (Wildman–Crippen LogP) is -1.73. The first-order valence-electron chi connectivity index (χ1n) is 3.13. The zero-order valence-electron chi connectivity index (χ0n) is 5.78. The van der Waals surface area contributed by atoms with Crippen LogP contribution in [-0.4, -0.2) is 17.2 Å². The van der Waals surface area contributed by atoms with Crippen LogP contribution in [0.15, 0.2) is 24.3 Å². The summed E-state index contributed by atoms with van der Waals surface area (Å²) in [6.07, 6.45) is 0. The van der Waals surface area contributed by atoms with E-state index in [4.69, 9.17) is 10.0 Å². The average molecular weight is 348 g/mol. The number of benzene rings is 1. The molecule has 2 nitrogen and oxygen atoms in total. The van der Waals surface area contributed by atoms with Crippen LogP contribution in [0.25, 0.3) is 0 Å². The fourth-order valence-corrected chi connectivity index (χ4v) is 2.11. The molecule has 0 heterocycles. The summed E-state index contributed by atoms with van der Waals surface area (Å²) in [5.74, 6) is 0. The van der Waals surface area contributed by atoms with Crippen molar-refractivity contribution in [3.05, 3.63) is 24.3 Å². The van der Waals surface area contributed by atoms with Gasteiger partial charge in [-0.2, -0.15) is 0 Å². The minimum atomic E-state index is -1.32. The van der Waals surface area contributed by atoms with Crippen molar-refractivity contribution in [2.75, 3.05) is 0 Å². The van der Waals surface area contributed by atoms with Crippen molar-refractivity contribution in [3.63, 3.8) is 0 Å². The summed E-state index contributed by atoms with van der Waals surface area (Å²) in [6, 6.07) is 7.39. The molecule has 10 heavy (non-hydrogen) atoms. The normalized spacial score (nSPS) is 9.30. The Kier molecular flexibility index (Phi) is 3.41. The molecule has 0 bridgehead atoms. The van der Waals surface area contributed by atoms with Gasteiger partial charge >= 0.3 is 90.3 Å². The monoisotopic (exact) mass is 348 g/mol. The van der Waals surface area contributed by atoms with Gasteiger partial charge in [-0.1, -0.05) is 0 Å². The van der Waals surface area contributed by atoms with Gasteiger partial charge in [0.05, 0.1) is 0 Å². The molecule has 0 amide bonds. The van der Waals surface area contributed by atoms with E-state index in [0.29, 0.717) is 48.3 Å². The van der Waals surface area contributed by atoms with Gasteiger partial charge in [-0.15, -0.1) is 0 Å². The Labute approximate surface area is 89.2 Å². The molecule has 0 unspecified atom stereocenters. The molecule has 0 aliphatic rings. The molecule has 0 saturated carbocycles. The van der Waals surface area contributed by atoms with Gasteiger partial charge in [-0.25, -0.2) is 0 Å². The Morgan fingerprint density at radius 1 is 1.10 bits per heavy atom. The van der Waals surface area contributed by atoms with Crippen molar-refractivity contribution in [1.82, 2.24) is 0 Å². The summed E-state index contributed by atoms with van der Waals surface area (Å²) >= 11 is 0.385. The predicted molar refractivity (Wildman–Crippen MR) is 37.3 cm³/mol. The zero-order chi connectivity index (χ0) is 7.56. The first-order valence-corrected chi connectivity index (χ1v) is 7.24. The quantitative estimate of drug-likeness (QED) is 0.593. The Hall–Kier alpha value is 0.672. The molecule has 48 valence electrons. The molecule has 0 aliphatic heterocycles. The van der Waals surface area contributed by atoms with Gasteiger partial charge in [0.2, 0.25) is 0 Å². The van der Waals surface area contributed by atoms with E-state index in [1.807, 2.05) is 12.1 Å². The second-order valence-corrected chi connectivity index (χ2v) is 7.03. The van der Waals surface area contributed by atoms with Gasteiger partial charge in [0.1, 0.15) is 0 Å². The Balaban J connectivity index is 2.89. The molecular formula is C6H7BO2Ra. The molecular weight excluding hydrogens is 341 g/mol. The molecule has 0 spiro atoms. The summed E-state index contributed by atoms with van der Waals surface area (Å²) in [5.41, 5.74) is 0.570. The van der Waals surface area contributed by atoms with Crippen LogP contribution in [0.3, 0.4) is 0 Å². The molecule has 0 radical (unpaired) electrons. The molecule has 1 aromatic carbocycles. The summed E-state index contributed by atoms with van der Waals surface area (Å²) in [4.78, 5) is 0. The molecule has 4 heteroatoms. The molecule has 0 aromatic heterocycles. The van der Waals surface area contributed by atoms with Crippen molar-refractivity contribution < 1.29 is 52.8 Å². The minimum absolute atomic E-state index is 0.385. The van der Waals surface area contributed by atoms with Gasteiger partial charge in [-0.3, -0.25) is 0 Å². The van der Waals surface area contributed by atoms with E-state index in [1.54, 1.807) is 12.1 Å². The van der Waals surface area contributed by atoms with Gasteiger partial charge < -0.3 is 0 Å². The topological polar surface area (TPSA) is 40.5 Å². The first kappa shape index (κ1) is 8.77. The fourth-order valence-electron chi connectivity index (χ4n) is 0.739. The molecule has 0 atom stereocenters. The van der Waals surface area contributed by atoms with E-state index >= 15 is 0 Å². The third kappa shape index (κ3) is 2.37. The maximum atomic E-state index is 8.69. The van der Waals surface area contributed by atoms with Gasteiger partial charge in [0.15, 0.2) is 0 Å². The van der Waals surface area contributed by atoms with E-state index in [9.17, 15) is 0 Å². The molecule has 0 aliphatic carbocycles. The SMILES string of the molecule is OB(O)c1cc[c]([RaH])cc1. The molecule has 0 fully saturated rings. The average Bonchev–Trinajstić information content (AvgIpc) is 1.88. The van der Waals surface area contributed by atoms with Crippen molar-refractivity contribution in [1.29, 1.82) is 0 Å². The van der Waals surface area contributed by atoms with Crippen LogP contribution in [0, 0.1) is 42.8 Å². The zero-order valence-corrected chi connectivity index (χ0v) is 14.0. The molecule has 1 rings (SSSR count). The second kappa shape index (κ2) is 3.89. The van der Waals surface area contributed by atoms with Crippen LogP contribution in [-0.2, 0) is 0 Å². The third-order valence-electron chi connectivity index (χ3n) is 1.38. The van der Waals surface area contributed by atoms with E-state index in [2.05, 4.69) is 0 Å². The Morgan fingerprint density at radius 3 is 2.00 bits per heavy atom. The van der Waals surface area contributed by atoms with E-state index in [0.717, 1.165) is 0 Å².